The van der Waals surface area contributed by atoms with Crippen LogP contribution in [0.4, 0.5) is 0 Å². The lowest BCUT2D eigenvalue weighted by Crippen LogP contribution is -2.05. The first-order valence-corrected chi connectivity index (χ1v) is 6.06. The van der Waals surface area contributed by atoms with Crippen molar-refractivity contribution in [2.75, 3.05) is 12.5 Å². The number of pyridine rings is 1. The number of benzene rings is 1. The highest BCUT2D eigenvalue weighted by Gasteiger charge is 2.01. The van der Waals surface area contributed by atoms with Crippen molar-refractivity contribution in [3.8, 4) is 5.75 Å². The molecule has 0 spiro atoms. The van der Waals surface area contributed by atoms with Gasteiger partial charge in [0, 0.05) is 23.4 Å². The summed E-state index contributed by atoms with van der Waals surface area (Å²) in [5, 5.41) is 1.04. The predicted molar refractivity (Wildman–Crippen MR) is 70.1 cm³/mol. The van der Waals surface area contributed by atoms with E-state index in [4.69, 9.17) is 16.3 Å². The summed E-state index contributed by atoms with van der Waals surface area (Å²) >= 11 is 5.58. The summed E-state index contributed by atoms with van der Waals surface area (Å²) < 4.78 is 5.53. The highest BCUT2D eigenvalue weighted by molar-refractivity contribution is 6.17. The fraction of sp³-hybridized carbons (Fsp3) is 0.308. The Morgan fingerprint density at radius 1 is 1.35 bits per heavy atom. The van der Waals surface area contributed by atoms with E-state index in [2.05, 4.69) is 4.98 Å². The summed E-state index contributed by atoms with van der Waals surface area (Å²) in [5.41, 5.74) is 1.68. The minimum atomic E-state index is -0.0899. The van der Waals surface area contributed by atoms with Crippen molar-refractivity contribution in [1.82, 2.24) is 4.98 Å². The van der Waals surface area contributed by atoms with Gasteiger partial charge in [-0.25, -0.2) is 0 Å². The van der Waals surface area contributed by atoms with Gasteiger partial charge in [-0.1, -0.05) is 0 Å². The Kier molecular flexibility index (Phi) is 3.69. The summed E-state index contributed by atoms with van der Waals surface area (Å²) in [6.45, 7) is 2.51. The van der Waals surface area contributed by atoms with Gasteiger partial charge in [-0.2, -0.15) is 0 Å². The van der Waals surface area contributed by atoms with Crippen molar-refractivity contribution in [2.24, 2.45) is 0 Å². The van der Waals surface area contributed by atoms with Crippen LogP contribution >= 0.6 is 11.6 Å². The number of halogens is 1. The lowest BCUT2D eigenvalue weighted by Gasteiger charge is -2.07. The molecule has 1 aromatic heterocycles. The molecule has 0 amide bonds. The van der Waals surface area contributed by atoms with E-state index in [1.165, 1.54) is 0 Å². The first kappa shape index (κ1) is 12.0. The fourth-order valence-corrected chi connectivity index (χ4v) is 1.86. The van der Waals surface area contributed by atoms with E-state index in [1.54, 1.807) is 6.07 Å². The van der Waals surface area contributed by atoms with E-state index >= 15 is 0 Å². The normalized spacial score (nSPS) is 10.7. The van der Waals surface area contributed by atoms with Gasteiger partial charge in [0.05, 0.1) is 12.1 Å². The molecular formula is C13H14ClNO2. The maximum absolute atomic E-state index is 11.4. The van der Waals surface area contributed by atoms with E-state index in [0.29, 0.717) is 12.5 Å². The second kappa shape index (κ2) is 5.23. The zero-order valence-electron chi connectivity index (χ0n) is 9.63. The number of fused-ring (bicyclic) bond motifs is 1. The molecule has 1 aromatic carbocycles. The number of alkyl halides is 1. The number of nitrogens with one attached hydrogen (secondary N) is 1. The standard InChI is InChI=1S/C13H14ClNO2/c1-9-7-13(16)15-12-8-10(3-4-11(9)12)17-6-2-5-14/h3-4,7-8H,2,5-6H2,1H3,(H,15,16). The van der Waals surface area contributed by atoms with Crippen LogP contribution in [0.25, 0.3) is 10.9 Å². The van der Waals surface area contributed by atoms with Crippen LogP contribution in [0, 0.1) is 6.92 Å². The summed E-state index contributed by atoms with van der Waals surface area (Å²) in [4.78, 5) is 14.2. The molecule has 1 N–H and O–H groups in total. The van der Waals surface area contributed by atoms with Crippen molar-refractivity contribution in [1.29, 1.82) is 0 Å². The van der Waals surface area contributed by atoms with Gasteiger partial charge in [-0.05, 0) is 31.0 Å². The molecule has 0 atom stereocenters. The van der Waals surface area contributed by atoms with Gasteiger partial charge in [0.1, 0.15) is 5.75 Å². The molecule has 2 aromatic rings. The smallest absolute Gasteiger partial charge is 0.248 e. The average molecular weight is 252 g/mol. The zero-order chi connectivity index (χ0) is 12.3. The Labute approximate surface area is 104 Å². The van der Waals surface area contributed by atoms with E-state index < -0.39 is 0 Å². The molecule has 0 unspecified atom stereocenters. The SMILES string of the molecule is Cc1cc(=O)[nH]c2cc(OCCCCl)ccc12. The van der Waals surface area contributed by atoms with Crippen LogP contribution in [0.3, 0.4) is 0 Å². The molecule has 2 rings (SSSR count). The van der Waals surface area contributed by atoms with Crippen molar-refractivity contribution >= 4 is 22.5 Å². The van der Waals surface area contributed by atoms with Crippen LogP contribution in [-0.2, 0) is 0 Å². The molecule has 0 bridgehead atoms. The van der Waals surface area contributed by atoms with Crippen molar-refractivity contribution in [2.45, 2.75) is 13.3 Å². The van der Waals surface area contributed by atoms with Gasteiger partial charge >= 0.3 is 0 Å². The van der Waals surface area contributed by atoms with Gasteiger partial charge in [0.2, 0.25) is 5.56 Å². The molecule has 1 heterocycles. The molecule has 0 saturated carbocycles. The highest BCUT2D eigenvalue weighted by atomic mass is 35.5. The van der Waals surface area contributed by atoms with E-state index in [0.717, 1.165) is 28.6 Å². The zero-order valence-corrected chi connectivity index (χ0v) is 10.4. The molecule has 0 radical (unpaired) electrons. The van der Waals surface area contributed by atoms with Gasteiger partial charge in [-0.15, -0.1) is 11.6 Å². The molecule has 0 fully saturated rings. The number of aromatic amines is 1. The summed E-state index contributed by atoms with van der Waals surface area (Å²) in [5.74, 6) is 1.34. The van der Waals surface area contributed by atoms with Gasteiger partial charge in [0.15, 0.2) is 0 Å². The maximum Gasteiger partial charge on any atom is 0.248 e. The lowest BCUT2D eigenvalue weighted by molar-refractivity contribution is 0.318. The fourth-order valence-electron chi connectivity index (χ4n) is 1.75. The maximum atomic E-state index is 11.4. The topological polar surface area (TPSA) is 42.1 Å². The summed E-state index contributed by atoms with van der Waals surface area (Å²) in [6, 6.07) is 7.30. The Hall–Kier alpha value is -1.48. The first-order valence-electron chi connectivity index (χ1n) is 5.53. The Morgan fingerprint density at radius 2 is 2.18 bits per heavy atom. The molecule has 0 saturated heterocycles. The van der Waals surface area contributed by atoms with Crippen molar-refractivity contribution < 1.29 is 4.74 Å². The average Bonchev–Trinajstić information content (AvgIpc) is 2.28. The van der Waals surface area contributed by atoms with Crippen LogP contribution in [0.5, 0.6) is 5.75 Å². The molecule has 0 aliphatic heterocycles. The minimum Gasteiger partial charge on any atom is -0.493 e. The van der Waals surface area contributed by atoms with E-state index in [9.17, 15) is 4.79 Å². The summed E-state index contributed by atoms with van der Waals surface area (Å²) in [7, 11) is 0. The number of rotatable bonds is 4. The number of aromatic nitrogens is 1. The van der Waals surface area contributed by atoms with Crippen molar-refractivity contribution in [3.05, 3.63) is 40.2 Å². The second-order valence-electron chi connectivity index (χ2n) is 3.91. The number of ether oxygens (including phenoxy) is 1. The molecule has 0 aliphatic rings. The Morgan fingerprint density at radius 3 is 2.94 bits per heavy atom. The number of hydrogen-bond acceptors (Lipinski definition) is 2. The Bertz CT molecular complexity index is 577. The largest absolute Gasteiger partial charge is 0.493 e. The van der Waals surface area contributed by atoms with Crippen LogP contribution in [0.15, 0.2) is 29.1 Å². The van der Waals surface area contributed by atoms with Gasteiger partial charge in [-0.3, -0.25) is 4.79 Å². The van der Waals surface area contributed by atoms with Gasteiger partial charge < -0.3 is 9.72 Å². The first-order chi connectivity index (χ1) is 8.20. The highest BCUT2D eigenvalue weighted by Crippen LogP contribution is 2.20. The predicted octanol–water partition coefficient (Wildman–Crippen LogP) is 2.84. The third-order valence-electron chi connectivity index (χ3n) is 2.57. The molecule has 90 valence electrons. The molecular weight excluding hydrogens is 238 g/mol. The molecule has 4 heteroatoms. The van der Waals surface area contributed by atoms with E-state index in [1.807, 2.05) is 25.1 Å². The third-order valence-corrected chi connectivity index (χ3v) is 2.84. The number of hydrogen-bond donors (Lipinski definition) is 1. The Balaban J connectivity index is 2.33. The van der Waals surface area contributed by atoms with Crippen LogP contribution in [-0.4, -0.2) is 17.5 Å². The second-order valence-corrected chi connectivity index (χ2v) is 4.29. The van der Waals surface area contributed by atoms with Crippen LogP contribution in [0.1, 0.15) is 12.0 Å². The third kappa shape index (κ3) is 2.80. The van der Waals surface area contributed by atoms with Gasteiger partial charge in [0.25, 0.3) is 0 Å². The van der Waals surface area contributed by atoms with E-state index in [-0.39, 0.29) is 5.56 Å². The van der Waals surface area contributed by atoms with Crippen molar-refractivity contribution in [3.63, 3.8) is 0 Å². The van der Waals surface area contributed by atoms with Crippen LogP contribution < -0.4 is 10.3 Å². The molecule has 3 nitrogen and oxygen atoms in total. The monoisotopic (exact) mass is 251 g/mol. The summed E-state index contributed by atoms with van der Waals surface area (Å²) in [6.07, 6.45) is 0.809. The van der Waals surface area contributed by atoms with Crippen LogP contribution in [0.2, 0.25) is 0 Å². The lowest BCUT2D eigenvalue weighted by atomic mass is 10.1. The molecule has 0 aliphatic carbocycles. The number of aryl methyl sites for hydroxylation is 1. The quantitative estimate of drug-likeness (QED) is 0.671. The minimum absolute atomic E-state index is 0.0899. The molecule has 17 heavy (non-hydrogen) atoms. The number of H-pyrrole nitrogens is 1.